The van der Waals surface area contributed by atoms with E-state index in [9.17, 15) is 9.59 Å². The molecule has 1 saturated heterocycles. The molecule has 5 nitrogen and oxygen atoms in total. The highest BCUT2D eigenvalue weighted by Gasteiger charge is 2.30. The zero-order chi connectivity index (χ0) is 11.4. The van der Waals surface area contributed by atoms with Gasteiger partial charge < -0.3 is 16.0 Å². The Bertz CT molecular complexity index is 255. The summed E-state index contributed by atoms with van der Waals surface area (Å²) in [5.41, 5.74) is 5.37. The first kappa shape index (κ1) is 12.0. The Morgan fingerprint density at radius 1 is 1.73 bits per heavy atom. The minimum Gasteiger partial charge on any atom is -0.344 e. The zero-order valence-corrected chi connectivity index (χ0v) is 9.32. The van der Waals surface area contributed by atoms with Gasteiger partial charge in [-0.2, -0.15) is 0 Å². The minimum absolute atomic E-state index is 0.00305. The first-order valence-electron chi connectivity index (χ1n) is 5.31. The molecule has 1 aliphatic heterocycles. The summed E-state index contributed by atoms with van der Waals surface area (Å²) >= 11 is 0. The lowest BCUT2D eigenvalue weighted by Crippen LogP contribution is -2.43. The number of likely N-dealkylation sites (N-methyl/N-ethyl adjacent to an activating group) is 1. The summed E-state index contributed by atoms with van der Waals surface area (Å²) in [4.78, 5) is 24.7. The van der Waals surface area contributed by atoms with E-state index in [1.165, 1.54) is 0 Å². The second-order valence-electron chi connectivity index (χ2n) is 4.09. The quantitative estimate of drug-likeness (QED) is 0.649. The van der Waals surface area contributed by atoms with Gasteiger partial charge in [0.15, 0.2) is 0 Å². The van der Waals surface area contributed by atoms with Crippen LogP contribution < -0.4 is 11.1 Å². The molecule has 2 unspecified atom stereocenters. The van der Waals surface area contributed by atoms with E-state index in [0.717, 1.165) is 6.54 Å². The van der Waals surface area contributed by atoms with E-state index in [0.29, 0.717) is 19.4 Å². The number of carbonyl (C=O) groups is 2. The largest absolute Gasteiger partial charge is 0.344 e. The maximum atomic E-state index is 11.6. The van der Waals surface area contributed by atoms with Crippen molar-refractivity contribution in [3.8, 4) is 0 Å². The van der Waals surface area contributed by atoms with Crippen LogP contribution in [0.15, 0.2) is 0 Å². The van der Waals surface area contributed by atoms with Crippen molar-refractivity contribution in [2.24, 2.45) is 11.7 Å². The lowest BCUT2D eigenvalue weighted by molar-refractivity contribution is -0.133. The van der Waals surface area contributed by atoms with Crippen molar-refractivity contribution >= 4 is 11.8 Å². The zero-order valence-electron chi connectivity index (χ0n) is 9.32. The molecule has 5 heteroatoms. The summed E-state index contributed by atoms with van der Waals surface area (Å²) < 4.78 is 0. The number of rotatable bonds is 4. The van der Waals surface area contributed by atoms with Gasteiger partial charge >= 0.3 is 0 Å². The predicted octanol–water partition coefficient (Wildman–Crippen LogP) is -0.682. The molecule has 15 heavy (non-hydrogen) atoms. The maximum Gasteiger partial charge on any atom is 0.244 e. The van der Waals surface area contributed by atoms with Crippen LogP contribution in [-0.4, -0.2) is 42.9 Å². The Balaban J connectivity index is 2.42. The van der Waals surface area contributed by atoms with E-state index in [-0.39, 0.29) is 23.8 Å². The number of nitrogens with two attached hydrogens (primary N) is 1. The Kier molecular flexibility index (Phi) is 4.08. The first-order valence-corrected chi connectivity index (χ1v) is 5.31. The number of nitrogens with zero attached hydrogens (tertiary/aromatic N) is 1. The predicted molar refractivity (Wildman–Crippen MR) is 57.0 cm³/mol. The van der Waals surface area contributed by atoms with E-state index < -0.39 is 0 Å². The van der Waals surface area contributed by atoms with Crippen LogP contribution in [-0.2, 0) is 9.59 Å². The normalized spacial score (nSPS) is 23.0. The molecule has 0 bridgehead atoms. The molecule has 0 aromatic carbocycles. The summed E-state index contributed by atoms with van der Waals surface area (Å²) in [7, 11) is 1.75. The monoisotopic (exact) mass is 213 g/mol. The summed E-state index contributed by atoms with van der Waals surface area (Å²) in [5.74, 6) is -0.189. The van der Waals surface area contributed by atoms with Gasteiger partial charge in [-0.3, -0.25) is 9.59 Å². The Morgan fingerprint density at radius 3 is 2.87 bits per heavy atom. The molecule has 0 aromatic rings. The standard InChI is InChI=1S/C10H19N3O2/c1-7(3-5-11)9(14)12-8-4-6-13(2)10(8)15/h7-8H,3-6,11H2,1-2H3,(H,12,14). The van der Waals surface area contributed by atoms with Gasteiger partial charge in [0.2, 0.25) is 11.8 Å². The fourth-order valence-corrected chi connectivity index (χ4v) is 1.65. The van der Waals surface area contributed by atoms with Crippen LogP contribution in [0.3, 0.4) is 0 Å². The topological polar surface area (TPSA) is 75.4 Å². The Labute approximate surface area is 90.0 Å². The number of hydrogen-bond donors (Lipinski definition) is 2. The summed E-state index contributed by atoms with van der Waals surface area (Å²) in [5, 5.41) is 2.76. The van der Waals surface area contributed by atoms with E-state index in [4.69, 9.17) is 5.73 Å². The smallest absolute Gasteiger partial charge is 0.244 e. The SMILES string of the molecule is CC(CCN)C(=O)NC1CCN(C)C1=O. The molecule has 1 fully saturated rings. The van der Waals surface area contributed by atoms with Gasteiger partial charge in [-0.15, -0.1) is 0 Å². The van der Waals surface area contributed by atoms with Crippen molar-refractivity contribution < 1.29 is 9.59 Å². The van der Waals surface area contributed by atoms with Crippen LogP contribution >= 0.6 is 0 Å². The molecule has 0 radical (unpaired) electrons. The highest BCUT2D eigenvalue weighted by Crippen LogP contribution is 2.10. The second kappa shape index (κ2) is 5.11. The summed E-state index contributed by atoms with van der Waals surface area (Å²) in [6.07, 6.45) is 1.36. The lowest BCUT2D eigenvalue weighted by Gasteiger charge is -2.15. The minimum atomic E-state index is -0.331. The molecule has 86 valence electrons. The molecule has 2 atom stereocenters. The van der Waals surface area contributed by atoms with Crippen molar-refractivity contribution in [3.05, 3.63) is 0 Å². The van der Waals surface area contributed by atoms with Crippen LogP contribution in [0.1, 0.15) is 19.8 Å². The van der Waals surface area contributed by atoms with E-state index in [1.54, 1.807) is 11.9 Å². The average Bonchev–Trinajstić information content (AvgIpc) is 2.50. The van der Waals surface area contributed by atoms with Gasteiger partial charge in [0.05, 0.1) is 0 Å². The molecule has 0 saturated carbocycles. The van der Waals surface area contributed by atoms with Crippen LogP contribution in [0.2, 0.25) is 0 Å². The Morgan fingerprint density at radius 2 is 2.40 bits per heavy atom. The fourth-order valence-electron chi connectivity index (χ4n) is 1.65. The lowest BCUT2D eigenvalue weighted by atomic mass is 10.1. The number of carbonyl (C=O) groups excluding carboxylic acids is 2. The number of hydrogen-bond acceptors (Lipinski definition) is 3. The summed E-state index contributed by atoms with van der Waals surface area (Å²) in [6.45, 7) is 3.04. The molecular weight excluding hydrogens is 194 g/mol. The van der Waals surface area contributed by atoms with Gasteiger partial charge in [0.1, 0.15) is 6.04 Å². The van der Waals surface area contributed by atoms with Gasteiger partial charge in [-0.05, 0) is 19.4 Å². The Hall–Kier alpha value is -1.10. The number of amides is 2. The van der Waals surface area contributed by atoms with E-state index >= 15 is 0 Å². The molecule has 1 heterocycles. The van der Waals surface area contributed by atoms with Crippen molar-refractivity contribution in [3.63, 3.8) is 0 Å². The number of nitrogens with one attached hydrogen (secondary N) is 1. The second-order valence-corrected chi connectivity index (χ2v) is 4.09. The molecule has 1 rings (SSSR count). The first-order chi connectivity index (χ1) is 7.06. The molecule has 2 amide bonds. The molecule has 0 aliphatic carbocycles. The van der Waals surface area contributed by atoms with Crippen LogP contribution in [0.5, 0.6) is 0 Å². The molecular formula is C10H19N3O2. The van der Waals surface area contributed by atoms with Crippen molar-refractivity contribution in [2.75, 3.05) is 20.1 Å². The molecule has 3 N–H and O–H groups in total. The van der Waals surface area contributed by atoms with Gasteiger partial charge in [-0.25, -0.2) is 0 Å². The fraction of sp³-hybridized carbons (Fsp3) is 0.800. The highest BCUT2D eigenvalue weighted by atomic mass is 16.2. The van der Waals surface area contributed by atoms with Gasteiger partial charge in [-0.1, -0.05) is 6.92 Å². The van der Waals surface area contributed by atoms with Gasteiger partial charge in [0.25, 0.3) is 0 Å². The number of likely N-dealkylation sites (tertiary alicyclic amines) is 1. The third-order valence-electron chi connectivity index (χ3n) is 2.79. The van der Waals surface area contributed by atoms with Crippen LogP contribution in [0, 0.1) is 5.92 Å². The maximum absolute atomic E-state index is 11.6. The molecule has 1 aliphatic rings. The van der Waals surface area contributed by atoms with E-state index in [1.807, 2.05) is 6.92 Å². The third kappa shape index (κ3) is 2.92. The van der Waals surface area contributed by atoms with Crippen molar-refractivity contribution in [2.45, 2.75) is 25.8 Å². The summed E-state index contributed by atoms with van der Waals surface area (Å²) in [6, 6.07) is -0.331. The third-order valence-corrected chi connectivity index (χ3v) is 2.79. The van der Waals surface area contributed by atoms with Crippen molar-refractivity contribution in [1.29, 1.82) is 0 Å². The van der Waals surface area contributed by atoms with E-state index in [2.05, 4.69) is 5.32 Å². The molecule has 0 spiro atoms. The highest BCUT2D eigenvalue weighted by molar-refractivity contribution is 5.89. The average molecular weight is 213 g/mol. The molecule has 0 aromatic heterocycles. The van der Waals surface area contributed by atoms with Crippen molar-refractivity contribution in [1.82, 2.24) is 10.2 Å². The van der Waals surface area contributed by atoms with Crippen LogP contribution in [0.4, 0.5) is 0 Å². The van der Waals surface area contributed by atoms with Crippen LogP contribution in [0.25, 0.3) is 0 Å². The van der Waals surface area contributed by atoms with Gasteiger partial charge in [0, 0.05) is 19.5 Å².